The van der Waals surface area contributed by atoms with E-state index in [9.17, 15) is 4.39 Å². The van der Waals surface area contributed by atoms with E-state index >= 15 is 0 Å². The van der Waals surface area contributed by atoms with E-state index in [1.807, 2.05) is 6.92 Å². The fourth-order valence-electron chi connectivity index (χ4n) is 1.36. The molecule has 1 aromatic carbocycles. The van der Waals surface area contributed by atoms with Gasteiger partial charge in [-0.2, -0.15) is 0 Å². The molecule has 88 valence electrons. The molecule has 5 heteroatoms. The summed E-state index contributed by atoms with van der Waals surface area (Å²) in [5.41, 5.74) is 2.09. The fraction of sp³-hybridized carbons (Fsp3) is 0.0833. The highest BCUT2D eigenvalue weighted by Gasteiger charge is 2.06. The lowest BCUT2D eigenvalue weighted by Gasteiger charge is -2.10. The Hall–Kier alpha value is -1.13. The number of anilines is 2. The van der Waals surface area contributed by atoms with Crippen LogP contribution in [0.15, 0.2) is 35.1 Å². The molecule has 2 aromatic rings. The van der Waals surface area contributed by atoms with Gasteiger partial charge >= 0.3 is 0 Å². The predicted molar refractivity (Wildman–Crippen MR) is 71.4 cm³/mol. The van der Waals surface area contributed by atoms with E-state index in [1.165, 1.54) is 6.07 Å². The summed E-state index contributed by atoms with van der Waals surface area (Å²) in [6.07, 6.45) is 3.34. The number of nitrogens with zero attached hydrogens (tertiary/aromatic N) is 1. The average Bonchev–Trinajstić information content (AvgIpc) is 2.28. The van der Waals surface area contributed by atoms with Crippen LogP contribution in [0.1, 0.15) is 5.56 Å². The molecule has 0 bridgehead atoms. The minimum absolute atomic E-state index is 0.372. The van der Waals surface area contributed by atoms with E-state index in [-0.39, 0.29) is 0 Å². The second kappa shape index (κ2) is 5.02. The highest BCUT2D eigenvalue weighted by Crippen LogP contribution is 2.27. The van der Waals surface area contributed by atoms with Gasteiger partial charge < -0.3 is 5.32 Å². The molecule has 1 N–H and O–H groups in total. The molecule has 0 aliphatic carbocycles. The minimum atomic E-state index is -0.392. The Labute approximate surface area is 112 Å². The molecule has 0 spiro atoms. The molecule has 0 fully saturated rings. The first-order valence-corrected chi connectivity index (χ1v) is 6.07. The molecule has 0 aliphatic rings. The molecule has 0 saturated carbocycles. The number of hydrogen-bond acceptors (Lipinski definition) is 2. The normalized spacial score (nSPS) is 10.4. The Morgan fingerprint density at radius 1 is 1.29 bits per heavy atom. The van der Waals surface area contributed by atoms with Crippen molar-refractivity contribution in [3.8, 4) is 0 Å². The minimum Gasteiger partial charge on any atom is -0.352 e. The third-order valence-electron chi connectivity index (χ3n) is 2.35. The number of rotatable bonds is 2. The number of aromatic nitrogens is 1. The van der Waals surface area contributed by atoms with Gasteiger partial charge in [0.1, 0.15) is 5.82 Å². The highest BCUT2D eigenvalue weighted by molar-refractivity contribution is 9.10. The lowest BCUT2D eigenvalue weighted by Crippen LogP contribution is -1.97. The van der Waals surface area contributed by atoms with Crippen molar-refractivity contribution in [1.29, 1.82) is 0 Å². The molecule has 17 heavy (non-hydrogen) atoms. The second-order valence-corrected chi connectivity index (χ2v) is 4.83. The van der Waals surface area contributed by atoms with Crippen molar-refractivity contribution < 1.29 is 4.39 Å². The molecule has 1 aromatic heterocycles. The molecule has 1 heterocycles. The largest absolute Gasteiger partial charge is 0.352 e. The Bertz CT molecular complexity index is 560. The summed E-state index contributed by atoms with van der Waals surface area (Å²) in [5.74, 6) is -0.392. The monoisotopic (exact) mass is 314 g/mol. The average molecular weight is 316 g/mol. The summed E-state index contributed by atoms with van der Waals surface area (Å²) in [6, 6.07) is 4.50. The van der Waals surface area contributed by atoms with Crippen LogP contribution in [0.4, 0.5) is 15.8 Å². The van der Waals surface area contributed by atoms with Gasteiger partial charge in [-0.05, 0) is 46.6 Å². The van der Waals surface area contributed by atoms with Crippen LogP contribution in [0.2, 0.25) is 5.02 Å². The summed E-state index contributed by atoms with van der Waals surface area (Å²) < 4.78 is 14.5. The van der Waals surface area contributed by atoms with Gasteiger partial charge in [0, 0.05) is 15.7 Å². The van der Waals surface area contributed by atoms with Crippen LogP contribution in [0, 0.1) is 12.7 Å². The zero-order chi connectivity index (χ0) is 12.4. The van der Waals surface area contributed by atoms with Gasteiger partial charge in [-0.1, -0.05) is 11.6 Å². The van der Waals surface area contributed by atoms with Crippen molar-refractivity contribution in [3.63, 3.8) is 0 Å². The Morgan fingerprint density at radius 3 is 2.76 bits per heavy atom. The van der Waals surface area contributed by atoms with Crippen LogP contribution in [-0.2, 0) is 0 Å². The van der Waals surface area contributed by atoms with Crippen molar-refractivity contribution in [2.24, 2.45) is 0 Å². The highest BCUT2D eigenvalue weighted by atomic mass is 79.9. The molecule has 0 amide bonds. The molecule has 2 nitrogen and oxygen atoms in total. The quantitative estimate of drug-likeness (QED) is 0.869. The first kappa shape index (κ1) is 12.3. The maximum Gasteiger partial charge on any atom is 0.148 e. The Morgan fingerprint density at radius 2 is 2.06 bits per heavy atom. The van der Waals surface area contributed by atoms with Gasteiger partial charge in [-0.3, -0.25) is 4.98 Å². The predicted octanol–water partition coefficient (Wildman–Crippen LogP) is 4.69. The van der Waals surface area contributed by atoms with Gasteiger partial charge in [0.25, 0.3) is 0 Å². The molecule has 0 radical (unpaired) electrons. The van der Waals surface area contributed by atoms with Crippen LogP contribution < -0.4 is 5.32 Å². The second-order valence-electron chi connectivity index (χ2n) is 3.54. The van der Waals surface area contributed by atoms with Crippen molar-refractivity contribution in [1.82, 2.24) is 4.98 Å². The third kappa shape index (κ3) is 2.76. The van der Waals surface area contributed by atoms with Crippen molar-refractivity contribution >= 4 is 38.9 Å². The van der Waals surface area contributed by atoms with Gasteiger partial charge in [-0.15, -0.1) is 0 Å². The molecule has 0 aliphatic heterocycles. The van der Waals surface area contributed by atoms with Crippen molar-refractivity contribution in [2.45, 2.75) is 6.92 Å². The summed E-state index contributed by atoms with van der Waals surface area (Å²) in [4.78, 5) is 4.03. The number of pyridine rings is 1. The number of halogens is 3. The number of benzene rings is 1. The third-order valence-corrected chi connectivity index (χ3v) is 3.39. The molecule has 2 rings (SSSR count). The Balaban J connectivity index is 2.35. The van der Waals surface area contributed by atoms with Gasteiger partial charge in [0.15, 0.2) is 0 Å². The zero-order valence-corrected chi connectivity index (χ0v) is 11.3. The van der Waals surface area contributed by atoms with Gasteiger partial charge in [-0.25, -0.2) is 4.39 Å². The van der Waals surface area contributed by atoms with Crippen LogP contribution in [0.25, 0.3) is 0 Å². The van der Waals surface area contributed by atoms with Crippen LogP contribution in [-0.4, -0.2) is 4.98 Å². The van der Waals surface area contributed by atoms with Gasteiger partial charge in [0.2, 0.25) is 0 Å². The van der Waals surface area contributed by atoms with Crippen LogP contribution in [0.3, 0.4) is 0 Å². The van der Waals surface area contributed by atoms with Crippen molar-refractivity contribution in [3.05, 3.63) is 51.5 Å². The van der Waals surface area contributed by atoms with Crippen molar-refractivity contribution in [2.75, 3.05) is 5.32 Å². The maximum absolute atomic E-state index is 13.6. The zero-order valence-electron chi connectivity index (χ0n) is 8.97. The smallest absolute Gasteiger partial charge is 0.148 e. The maximum atomic E-state index is 13.6. The van der Waals surface area contributed by atoms with E-state index in [4.69, 9.17) is 11.6 Å². The van der Waals surface area contributed by atoms with E-state index in [2.05, 4.69) is 26.2 Å². The van der Waals surface area contributed by atoms with Gasteiger partial charge in [0.05, 0.1) is 17.6 Å². The molecular weight excluding hydrogens is 307 g/mol. The number of nitrogens with one attached hydrogen (secondary N) is 1. The summed E-state index contributed by atoms with van der Waals surface area (Å²) in [7, 11) is 0. The topological polar surface area (TPSA) is 24.9 Å². The lowest BCUT2D eigenvalue weighted by molar-refractivity contribution is 0.632. The molecular formula is C12H9BrClFN2. The van der Waals surface area contributed by atoms with Crippen LogP contribution in [0.5, 0.6) is 0 Å². The lowest BCUT2D eigenvalue weighted by atomic mass is 10.2. The SMILES string of the molecule is Cc1c(Br)cncc1Nc1ccc(Cl)cc1F. The first-order chi connectivity index (χ1) is 8.08. The summed E-state index contributed by atoms with van der Waals surface area (Å²) >= 11 is 9.06. The molecule has 0 unspecified atom stereocenters. The summed E-state index contributed by atoms with van der Waals surface area (Å²) in [5, 5.41) is 3.35. The van der Waals surface area contributed by atoms with E-state index in [0.717, 1.165) is 15.7 Å². The van der Waals surface area contributed by atoms with Crippen LogP contribution >= 0.6 is 27.5 Å². The van der Waals surface area contributed by atoms with E-state index < -0.39 is 5.82 Å². The number of hydrogen-bond donors (Lipinski definition) is 1. The first-order valence-electron chi connectivity index (χ1n) is 4.90. The Kier molecular flexibility index (Phi) is 3.64. The van der Waals surface area contributed by atoms with E-state index in [1.54, 1.807) is 24.5 Å². The van der Waals surface area contributed by atoms with E-state index in [0.29, 0.717) is 10.7 Å². The standard InChI is InChI=1S/C12H9BrClFN2/c1-7-9(13)5-16-6-12(7)17-11-3-2-8(14)4-10(11)15/h2-6,17H,1H3. The summed E-state index contributed by atoms with van der Waals surface area (Å²) in [6.45, 7) is 1.92. The molecule has 0 atom stereocenters. The molecule has 0 saturated heterocycles. The fourth-order valence-corrected chi connectivity index (χ4v) is 1.85.